The molecule has 1 unspecified atom stereocenters. The molecule has 9 nitrogen and oxygen atoms in total. The molecule has 0 saturated heterocycles. The molecule has 0 aliphatic carbocycles. The molecule has 0 spiro atoms. The van der Waals surface area contributed by atoms with Crippen LogP contribution in [-0.4, -0.2) is 51.7 Å². The Morgan fingerprint density at radius 1 is 1.16 bits per heavy atom. The van der Waals surface area contributed by atoms with Gasteiger partial charge in [-0.3, -0.25) is 14.8 Å². The van der Waals surface area contributed by atoms with Crippen LogP contribution in [0, 0.1) is 0 Å². The first-order valence-electron chi connectivity index (χ1n) is 10.00. The number of benzene rings is 1. The molecule has 32 heavy (non-hydrogen) atoms. The van der Waals surface area contributed by atoms with Crippen molar-refractivity contribution in [1.29, 1.82) is 0 Å². The van der Waals surface area contributed by atoms with Gasteiger partial charge >= 0.3 is 0 Å². The molecular weight excluding hydrogens is 410 g/mol. The summed E-state index contributed by atoms with van der Waals surface area (Å²) in [4.78, 5) is 29.6. The van der Waals surface area contributed by atoms with Crippen LogP contribution in [-0.2, 0) is 6.42 Å². The Kier molecular flexibility index (Phi) is 6.27. The molecule has 1 aromatic carbocycles. The van der Waals surface area contributed by atoms with Crippen LogP contribution in [0.4, 0.5) is 5.69 Å². The maximum absolute atomic E-state index is 13.7. The number of aromatic amines is 1. The van der Waals surface area contributed by atoms with Crippen LogP contribution in [0.15, 0.2) is 55.2 Å². The second-order valence-corrected chi connectivity index (χ2v) is 7.05. The van der Waals surface area contributed by atoms with Crippen molar-refractivity contribution in [2.45, 2.75) is 12.5 Å². The number of aliphatic hydroxyl groups excluding tert-OH is 1. The predicted octanol–water partition coefficient (Wildman–Crippen LogP) is 2.94. The SMILES string of the molecule is COc1cncc(NC(C(=O)c2c[nH]c3c(CCO)cccc23)c2cnc(OC)cn2)c1. The average molecular weight is 433 g/mol. The summed E-state index contributed by atoms with van der Waals surface area (Å²) in [6.07, 6.45) is 8.34. The minimum atomic E-state index is -0.831. The van der Waals surface area contributed by atoms with Gasteiger partial charge in [0.15, 0.2) is 5.78 Å². The number of para-hydroxylation sites is 1. The van der Waals surface area contributed by atoms with Crippen molar-refractivity contribution in [3.05, 3.63) is 72.1 Å². The second kappa shape index (κ2) is 9.44. The van der Waals surface area contributed by atoms with Gasteiger partial charge in [0, 0.05) is 35.3 Å². The third-order valence-electron chi connectivity index (χ3n) is 5.12. The molecule has 3 aromatic heterocycles. The van der Waals surface area contributed by atoms with Crippen LogP contribution >= 0.6 is 0 Å². The van der Waals surface area contributed by atoms with Gasteiger partial charge in [0.25, 0.3) is 0 Å². The maximum atomic E-state index is 13.7. The van der Waals surface area contributed by atoms with Crippen LogP contribution in [0.2, 0.25) is 0 Å². The van der Waals surface area contributed by atoms with Crippen molar-refractivity contribution in [2.75, 3.05) is 26.1 Å². The number of carbonyl (C=O) groups excluding carboxylic acids is 1. The van der Waals surface area contributed by atoms with Gasteiger partial charge in [-0.25, -0.2) is 4.98 Å². The van der Waals surface area contributed by atoms with Crippen LogP contribution in [0.25, 0.3) is 10.9 Å². The first-order valence-corrected chi connectivity index (χ1v) is 10.00. The number of H-pyrrole nitrogens is 1. The fraction of sp³-hybridized carbons (Fsp3) is 0.217. The molecule has 0 saturated carbocycles. The number of ether oxygens (including phenoxy) is 2. The van der Waals surface area contributed by atoms with Gasteiger partial charge in [0.05, 0.1) is 50.4 Å². The molecule has 3 heterocycles. The smallest absolute Gasteiger partial charge is 0.231 e. The first-order chi connectivity index (χ1) is 15.6. The Hall–Kier alpha value is -3.98. The van der Waals surface area contributed by atoms with Gasteiger partial charge in [-0.15, -0.1) is 0 Å². The van der Waals surface area contributed by atoms with E-state index in [2.05, 4.69) is 25.3 Å². The zero-order valence-corrected chi connectivity index (χ0v) is 17.7. The summed E-state index contributed by atoms with van der Waals surface area (Å²) in [5.74, 6) is 0.714. The lowest BCUT2D eigenvalue weighted by Crippen LogP contribution is -2.22. The van der Waals surface area contributed by atoms with E-state index in [0.717, 1.165) is 16.5 Å². The van der Waals surface area contributed by atoms with Crippen LogP contribution in [0.1, 0.15) is 27.7 Å². The maximum Gasteiger partial charge on any atom is 0.231 e. The molecule has 0 bridgehead atoms. The summed E-state index contributed by atoms with van der Waals surface area (Å²) >= 11 is 0. The number of ketones is 1. The Labute approximate surface area is 184 Å². The predicted molar refractivity (Wildman–Crippen MR) is 119 cm³/mol. The summed E-state index contributed by atoms with van der Waals surface area (Å²) in [5.41, 5.74) is 3.30. The van der Waals surface area contributed by atoms with E-state index in [1.165, 1.54) is 19.5 Å². The highest BCUT2D eigenvalue weighted by atomic mass is 16.5. The van der Waals surface area contributed by atoms with Gasteiger partial charge < -0.3 is 24.9 Å². The lowest BCUT2D eigenvalue weighted by Gasteiger charge is -2.18. The van der Waals surface area contributed by atoms with E-state index < -0.39 is 6.04 Å². The summed E-state index contributed by atoms with van der Waals surface area (Å²) < 4.78 is 10.3. The molecule has 9 heteroatoms. The highest BCUT2D eigenvalue weighted by molar-refractivity contribution is 6.11. The number of Topliss-reactive ketones (excluding diaryl/α,β-unsaturated/α-hetero) is 1. The third-order valence-corrected chi connectivity index (χ3v) is 5.12. The van der Waals surface area contributed by atoms with E-state index in [9.17, 15) is 9.90 Å². The quantitative estimate of drug-likeness (QED) is 0.345. The number of rotatable bonds is 9. The van der Waals surface area contributed by atoms with Crippen LogP contribution in [0.5, 0.6) is 11.6 Å². The highest BCUT2D eigenvalue weighted by Gasteiger charge is 2.27. The molecule has 0 aliphatic rings. The number of anilines is 1. The largest absolute Gasteiger partial charge is 0.495 e. The number of aromatic nitrogens is 4. The molecule has 164 valence electrons. The zero-order valence-electron chi connectivity index (χ0n) is 17.7. The standard InChI is InChI=1S/C23H23N5O4/c1-31-16-8-15(9-24-10-16)28-22(19-12-26-20(32-2)13-25-19)23(30)18-11-27-21-14(6-7-29)4-3-5-17(18)21/h3-5,8-13,22,27-29H,6-7H2,1-2H3. The van der Waals surface area contributed by atoms with Crippen LogP contribution < -0.4 is 14.8 Å². The zero-order chi connectivity index (χ0) is 22.5. The highest BCUT2D eigenvalue weighted by Crippen LogP contribution is 2.29. The Balaban J connectivity index is 1.75. The van der Waals surface area contributed by atoms with Crippen molar-refractivity contribution < 1.29 is 19.4 Å². The Morgan fingerprint density at radius 2 is 2.03 bits per heavy atom. The summed E-state index contributed by atoms with van der Waals surface area (Å²) in [6.45, 7) is 0.0237. The number of aliphatic hydroxyl groups is 1. The van der Waals surface area contributed by atoms with Crippen molar-refractivity contribution >= 4 is 22.4 Å². The molecule has 0 radical (unpaired) electrons. The summed E-state index contributed by atoms with van der Waals surface area (Å²) in [5, 5.41) is 13.3. The molecule has 1 atom stereocenters. The fourth-order valence-corrected chi connectivity index (χ4v) is 3.54. The molecule has 3 N–H and O–H groups in total. The van der Waals surface area contributed by atoms with Crippen molar-refractivity contribution in [1.82, 2.24) is 19.9 Å². The normalized spacial score (nSPS) is 11.8. The van der Waals surface area contributed by atoms with E-state index in [4.69, 9.17) is 9.47 Å². The number of nitrogens with one attached hydrogen (secondary N) is 2. The second-order valence-electron chi connectivity index (χ2n) is 7.05. The number of fused-ring (bicyclic) bond motifs is 1. The van der Waals surface area contributed by atoms with E-state index in [1.54, 1.807) is 31.8 Å². The summed E-state index contributed by atoms with van der Waals surface area (Å²) in [7, 11) is 3.05. The number of nitrogens with zero attached hydrogens (tertiary/aromatic N) is 3. The molecule has 4 rings (SSSR count). The van der Waals surface area contributed by atoms with E-state index >= 15 is 0 Å². The molecular formula is C23H23N5O4. The fourth-order valence-electron chi connectivity index (χ4n) is 3.54. The molecule has 0 amide bonds. The van der Waals surface area contributed by atoms with Gasteiger partial charge in [0.1, 0.15) is 11.8 Å². The van der Waals surface area contributed by atoms with Crippen molar-refractivity contribution in [2.24, 2.45) is 0 Å². The van der Waals surface area contributed by atoms with Gasteiger partial charge in [-0.2, -0.15) is 0 Å². The van der Waals surface area contributed by atoms with E-state index in [-0.39, 0.29) is 12.4 Å². The number of methoxy groups -OCH3 is 2. The third kappa shape index (κ3) is 4.23. The topological polar surface area (TPSA) is 122 Å². The van der Waals surface area contributed by atoms with Gasteiger partial charge in [-0.1, -0.05) is 18.2 Å². The Morgan fingerprint density at radius 3 is 2.75 bits per heavy atom. The van der Waals surface area contributed by atoms with Gasteiger partial charge in [-0.05, 0) is 12.0 Å². The number of hydrogen-bond acceptors (Lipinski definition) is 8. The summed E-state index contributed by atoms with van der Waals surface area (Å²) in [6, 6.07) is 6.60. The first kappa shape index (κ1) is 21.3. The molecule has 4 aromatic rings. The van der Waals surface area contributed by atoms with E-state index in [1.807, 2.05) is 18.2 Å². The van der Waals surface area contributed by atoms with Crippen LogP contribution in [0.3, 0.4) is 0 Å². The number of carbonyl (C=O) groups is 1. The lowest BCUT2D eigenvalue weighted by atomic mass is 9.99. The lowest BCUT2D eigenvalue weighted by molar-refractivity contribution is 0.0969. The molecule has 0 fully saturated rings. The average Bonchev–Trinajstić information content (AvgIpc) is 3.28. The molecule has 0 aliphatic heterocycles. The number of pyridine rings is 1. The monoisotopic (exact) mass is 433 g/mol. The minimum absolute atomic E-state index is 0.0237. The van der Waals surface area contributed by atoms with Crippen molar-refractivity contribution in [3.8, 4) is 11.6 Å². The number of hydrogen-bond donors (Lipinski definition) is 3. The van der Waals surface area contributed by atoms with E-state index in [0.29, 0.717) is 35.0 Å². The van der Waals surface area contributed by atoms with Crippen molar-refractivity contribution in [3.63, 3.8) is 0 Å². The van der Waals surface area contributed by atoms with Gasteiger partial charge in [0.2, 0.25) is 5.88 Å². The minimum Gasteiger partial charge on any atom is -0.495 e. The Bertz CT molecular complexity index is 1220.